The smallest absolute Gasteiger partial charge is 0.0226 e. The van der Waals surface area contributed by atoms with Crippen molar-refractivity contribution in [2.24, 2.45) is 0 Å². The number of halogens is 1. The summed E-state index contributed by atoms with van der Waals surface area (Å²) >= 11 is 5.81. The van der Waals surface area contributed by atoms with E-state index in [9.17, 15) is 0 Å². The first-order valence-electron chi connectivity index (χ1n) is 6.96. The van der Waals surface area contributed by atoms with E-state index in [4.69, 9.17) is 11.6 Å². The molecule has 0 unspecified atom stereocenters. The van der Waals surface area contributed by atoms with Gasteiger partial charge < -0.3 is 0 Å². The van der Waals surface area contributed by atoms with Crippen molar-refractivity contribution in [1.82, 2.24) is 0 Å². The number of aryl methyl sites for hydroxylation is 1. The summed E-state index contributed by atoms with van der Waals surface area (Å²) in [5.74, 6) is 1.28. The van der Waals surface area contributed by atoms with Crippen LogP contribution in [0.15, 0.2) is 48.5 Å². The molecule has 0 saturated carbocycles. The molecule has 2 rings (SSSR count). The van der Waals surface area contributed by atoms with Crippen LogP contribution in [0, 0.1) is 0 Å². The molecule has 0 heterocycles. The largest absolute Gasteiger partial charge is 0.127 e. The highest BCUT2D eigenvalue weighted by Crippen LogP contribution is 2.26. The molecule has 0 atom stereocenters. The fraction of sp³-hybridized carbons (Fsp3) is 0.333. The van der Waals surface area contributed by atoms with Crippen molar-refractivity contribution in [3.63, 3.8) is 0 Å². The minimum atomic E-state index is 0.554. The molecule has 0 radical (unpaired) electrons. The standard InChI is InChI=1S/C18H21Cl/c1-14(2)17-11-15(7-6-10-19)12-18(13-17)16-8-4-3-5-9-16/h3-5,8-9,11-14H,6-7,10H2,1-2H3. The maximum atomic E-state index is 5.81. The second-order valence-electron chi connectivity index (χ2n) is 5.28. The van der Waals surface area contributed by atoms with Gasteiger partial charge in [0, 0.05) is 5.88 Å². The van der Waals surface area contributed by atoms with E-state index >= 15 is 0 Å². The van der Waals surface area contributed by atoms with Crippen molar-refractivity contribution >= 4 is 11.6 Å². The molecule has 100 valence electrons. The molecule has 0 N–H and O–H groups in total. The first-order chi connectivity index (χ1) is 9.20. The fourth-order valence-electron chi connectivity index (χ4n) is 2.26. The van der Waals surface area contributed by atoms with Crippen LogP contribution >= 0.6 is 11.6 Å². The van der Waals surface area contributed by atoms with Crippen LogP contribution in [-0.4, -0.2) is 5.88 Å². The van der Waals surface area contributed by atoms with Crippen LogP contribution in [0.5, 0.6) is 0 Å². The van der Waals surface area contributed by atoms with Gasteiger partial charge >= 0.3 is 0 Å². The Morgan fingerprint density at radius 3 is 2.32 bits per heavy atom. The highest BCUT2D eigenvalue weighted by atomic mass is 35.5. The molecule has 0 aliphatic carbocycles. The van der Waals surface area contributed by atoms with Gasteiger partial charge in [0.15, 0.2) is 0 Å². The van der Waals surface area contributed by atoms with Gasteiger partial charge in [0.2, 0.25) is 0 Å². The molecule has 0 aliphatic rings. The molecule has 2 aromatic rings. The topological polar surface area (TPSA) is 0 Å². The third-order valence-corrected chi connectivity index (χ3v) is 3.66. The summed E-state index contributed by atoms with van der Waals surface area (Å²) in [6.45, 7) is 4.49. The summed E-state index contributed by atoms with van der Waals surface area (Å²) in [4.78, 5) is 0. The normalized spacial score (nSPS) is 10.9. The van der Waals surface area contributed by atoms with E-state index in [1.54, 1.807) is 0 Å². The quantitative estimate of drug-likeness (QED) is 0.617. The van der Waals surface area contributed by atoms with Gasteiger partial charge in [-0.25, -0.2) is 0 Å². The number of hydrogen-bond donors (Lipinski definition) is 0. The van der Waals surface area contributed by atoms with Gasteiger partial charge in [-0.05, 0) is 41.0 Å². The molecular weight excluding hydrogens is 252 g/mol. The molecule has 0 aliphatic heterocycles. The second-order valence-corrected chi connectivity index (χ2v) is 5.65. The van der Waals surface area contributed by atoms with Crippen LogP contribution in [-0.2, 0) is 6.42 Å². The van der Waals surface area contributed by atoms with Gasteiger partial charge in [-0.1, -0.05) is 62.4 Å². The van der Waals surface area contributed by atoms with Crippen molar-refractivity contribution in [1.29, 1.82) is 0 Å². The Hall–Kier alpha value is -1.27. The summed E-state index contributed by atoms with van der Waals surface area (Å²) < 4.78 is 0. The molecule has 2 aromatic carbocycles. The Morgan fingerprint density at radius 1 is 0.947 bits per heavy atom. The second kappa shape index (κ2) is 6.77. The predicted octanol–water partition coefficient (Wildman–Crippen LogP) is 5.65. The van der Waals surface area contributed by atoms with Crippen molar-refractivity contribution < 1.29 is 0 Å². The van der Waals surface area contributed by atoms with Crippen LogP contribution in [0.25, 0.3) is 11.1 Å². The molecule has 0 spiro atoms. The minimum Gasteiger partial charge on any atom is -0.127 e. The monoisotopic (exact) mass is 272 g/mol. The van der Waals surface area contributed by atoms with Crippen LogP contribution in [0.2, 0.25) is 0 Å². The summed E-state index contributed by atoms with van der Waals surface area (Å²) in [6, 6.07) is 17.5. The zero-order chi connectivity index (χ0) is 13.7. The molecular formula is C18H21Cl. The van der Waals surface area contributed by atoms with E-state index in [1.807, 2.05) is 0 Å². The summed E-state index contributed by atoms with van der Waals surface area (Å²) in [7, 11) is 0. The number of alkyl halides is 1. The number of hydrogen-bond acceptors (Lipinski definition) is 0. The summed E-state index contributed by atoms with van der Waals surface area (Å²) in [5, 5.41) is 0. The maximum absolute atomic E-state index is 5.81. The van der Waals surface area contributed by atoms with E-state index < -0.39 is 0 Å². The molecule has 0 amide bonds. The Bertz CT molecular complexity index is 514. The first-order valence-corrected chi connectivity index (χ1v) is 7.49. The molecule has 19 heavy (non-hydrogen) atoms. The van der Waals surface area contributed by atoms with Gasteiger partial charge in [0.1, 0.15) is 0 Å². The summed E-state index contributed by atoms with van der Waals surface area (Å²) in [6.07, 6.45) is 2.10. The van der Waals surface area contributed by atoms with Crippen molar-refractivity contribution in [2.45, 2.75) is 32.6 Å². The average Bonchev–Trinajstić information content (AvgIpc) is 2.45. The zero-order valence-corrected chi connectivity index (χ0v) is 12.5. The molecule has 0 aromatic heterocycles. The summed E-state index contributed by atoms with van der Waals surface area (Å²) in [5.41, 5.74) is 5.41. The van der Waals surface area contributed by atoms with Gasteiger partial charge in [-0.15, -0.1) is 11.6 Å². The molecule has 0 nitrogen and oxygen atoms in total. The third-order valence-electron chi connectivity index (χ3n) is 3.39. The molecule has 0 fully saturated rings. The Labute approximate surface area is 121 Å². The van der Waals surface area contributed by atoms with Crippen LogP contribution in [0.4, 0.5) is 0 Å². The predicted molar refractivity (Wildman–Crippen MR) is 85.0 cm³/mol. The highest BCUT2D eigenvalue weighted by molar-refractivity contribution is 6.17. The van der Waals surface area contributed by atoms with Crippen molar-refractivity contribution in [2.75, 3.05) is 5.88 Å². The van der Waals surface area contributed by atoms with E-state index in [1.165, 1.54) is 22.3 Å². The van der Waals surface area contributed by atoms with Gasteiger partial charge in [-0.3, -0.25) is 0 Å². The number of rotatable bonds is 5. The van der Waals surface area contributed by atoms with E-state index in [0.29, 0.717) is 5.92 Å². The van der Waals surface area contributed by atoms with Crippen LogP contribution < -0.4 is 0 Å². The lowest BCUT2D eigenvalue weighted by atomic mass is 9.93. The van der Waals surface area contributed by atoms with Crippen molar-refractivity contribution in [3.05, 3.63) is 59.7 Å². The lowest BCUT2D eigenvalue weighted by Gasteiger charge is -2.12. The van der Waals surface area contributed by atoms with Gasteiger partial charge in [0.25, 0.3) is 0 Å². The van der Waals surface area contributed by atoms with E-state index in [2.05, 4.69) is 62.4 Å². The third kappa shape index (κ3) is 3.84. The van der Waals surface area contributed by atoms with Gasteiger partial charge in [-0.2, -0.15) is 0 Å². The first kappa shape index (κ1) is 14.1. The Kier molecular flexibility index (Phi) is 5.04. The van der Waals surface area contributed by atoms with Crippen LogP contribution in [0.1, 0.15) is 37.3 Å². The van der Waals surface area contributed by atoms with E-state index in [-0.39, 0.29) is 0 Å². The molecule has 0 saturated heterocycles. The SMILES string of the molecule is CC(C)c1cc(CCCCl)cc(-c2ccccc2)c1. The van der Waals surface area contributed by atoms with E-state index in [0.717, 1.165) is 18.7 Å². The average molecular weight is 273 g/mol. The zero-order valence-electron chi connectivity index (χ0n) is 11.7. The number of benzene rings is 2. The lowest BCUT2D eigenvalue weighted by molar-refractivity contribution is 0.855. The molecule has 1 heteroatoms. The van der Waals surface area contributed by atoms with Gasteiger partial charge in [0.05, 0.1) is 0 Å². The van der Waals surface area contributed by atoms with Crippen LogP contribution in [0.3, 0.4) is 0 Å². The Balaban J connectivity index is 2.39. The fourth-order valence-corrected chi connectivity index (χ4v) is 2.40. The lowest BCUT2D eigenvalue weighted by Crippen LogP contribution is -1.94. The maximum Gasteiger partial charge on any atom is 0.0226 e. The van der Waals surface area contributed by atoms with Crippen molar-refractivity contribution in [3.8, 4) is 11.1 Å². The minimum absolute atomic E-state index is 0.554. The highest BCUT2D eigenvalue weighted by Gasteiger charge is 2.06. The Morgan fingerprint density at radius 2 is 1.68 bits per heavy atom. The molecule has 0 bridgehead atoms.